The van der Waals surface area contributed by atoms with Gasteiger partial charge in [0.25, 0.3) is 0 Å². The van der Waals surface area contributed by atoms with Crippen LogP contribution in [0.2, 0.25) is 5.02 Å². The Bertz CT molecular complexity index is 825. The average Bonchev–Trinajstić information content (AvgIpc) is 2.88. The highest BCUT2D eigenvalue weighted by molar-refractivity contribution is 7.16. The minimum atomic E-state index is -0.521. The standard InChI is InChI=1S/C18H17ClFNO3S/c1-4-11-10(2)25-17(16(11)18(23)24-3)21-15(22)9-8-12-13(19)6-5-7-14(12)20/h5-9H,4H2,1-3H3,(H,21,22). The maximum Gasteiger partial charge on any atom is 0.341 e. The van der Waals surface area contributed by atoms with E-state index in [4.69, 9.17) is 16.3 Å². The van der Waals surface area contributed by atoms with E-state index in [0.717, 1.165) is 10.4 Å². The number of ether oxygens (including phenoxy) is 1. The van der Waals surface area contributed by atoms with Gasteiger partial charge < -0.3 is 10.1 Å². The number of benzene rings is 1. The molecule has 1 amide bonds. The first-order chi connectivity index (χ1) is 11.9. The monoisotopic (exact) mass is 381 g/mol. The summed E-state index contributed by atoms with van der Waals surface area (Å²) in [6, 6.07) is 4.28. The molecule has 0 radical (unpaired) electrons. The van der Waals surface area contributed by atoms with Crippen molar-refractivity contribution in [2.75, 3.05) is 12.4 Å². The molecule has 0 aliphatic heterocycles. The lowest BCUT2D eigenvalue weighted by Gasteiger charge is -2.05. The van der Waals surface area contributed by atoms with Crippen LogP contribution in [0.25, 0.3) is 6.08 Å². The number of halogens is 2. The number of hydrogen-bond donors (Lipinski definition) is 1. The molecule has 0 atom stereocenters. The van der Waals surface area contributed by atoms with Crippen molar-refractivity contribution in [3.05, 3.63) is 56.7 Å². The Balaban J connectivity index is 2.27. The summed E-state index contributed by atoms with van der Waals surface area (Å²) in [7, 11) is 1.29. The molecule has 1 heterocycles. The Morgan fingerprint density at radius 3 is 2.72 bits per heavy atom. The van der Waals surface area contributed by atoms with Crippen LogP contribution in [0.4, 0.5) is 9.39 Å². The molecular formula is C18H17ClFNO3S. The topological polar surface area (TPSA) is 55.4 Å². The Hall–Kier alpha value is -2.18. The summed E-state index contributed by atoms with van der Waals surface area (Å²) >= 11 is 7.22. The zero-order chi connectivity index (χ0) is 18.6. The predicted octanol–water partition coefficient (Wildman–Crippen LogP) is 4.85. The summed E-state index contributed by atoms with van der Waals surface area (Å²) in [6.07, 6.45) is 3.11. The number of rotatable bonds is 5. The van der Waals surface area contributed by atoms with Gasteiger partial charge in [-0.05, 0) is 37.1 Å². The molecule has 7 heteroatoms. The predicted molar refractivity (Wildman–Crippen MR) is 98.8 cm³/mol. The van der Waals surface area contributed by atoms with Gasteiger partial charge in [-0.25, -0.2) is 9.18 Å². The number of nitrogens with one attached hydrogen (secondary N) is 1. The molecule has 1 aromatic carbocycles. The van der Waals surface area contributed by atoms with Crippen molar-refractivity contribution in [1.82, 2.24) is 0 Å². The molecule has 0 saturated heterocycles. The molecule has 0 aliphatic rings. The fraction of sp³-hybridized carbons (Fsp3) is 0.222. The highest BCUT2D eigenvalue weighted by Crippen LogP contribution is 2.34. The highest BCUT2D eigenvalue weighted by Gasteiger charge is 2.22. The summed E-state index contributed by atoms with van der Waals surface area (Å²) in [5, 5.41) is 3.28. The highest BCUT2D eigenvalue weighted by atomic mass is 35.5. The van der Waals surface area contributed by atoms with E-state index < -0.39 is 17.7 Å². The fourth-order valence-electron chi connectivity index (χ4n) is 2.39. The van der Waals surface area contributed by atoms with Crippen LogP contribution in [0.5, 0.6) is 0 Å². The second-order valence-corrected chi connectivity index (χ2v) is 6.78. The van der Waals surface area contributed by atoms with E-state index in [1.54, 1.807) is 0 Å². The summed E-state index contributed by atoms with van der Waals surface area (Å²) in [4.78, 5) is 25.1. The van der Waals surface area contributed by atoms with E-state index in [0.29, 0.717) is 17.0 Å². The summed E-state index contributed by atoms with van der Waals surface area (Å²) in [5.41, 5.74) is 1.33. The minimum absolute atomic E-state index is 0.129. The van der Waals surface area contributed by atoms with Gasteiger partial charge in [-0.1, -0.05) is 24.6 Å². The minimum Gasteiger partial charge on any atom is -0.465 e. The van der Waals surface area contributed by atoms with Crippen LogP contribution < -0.4 is 5.32 Å². The Morgan fingerprint density at radius 2 is 2.12 bits per heavy atom. The number of anilines is 1. The molecule has 25 heavy (non-hydrogen) atoms. The number of hydrogen-bond acceptors (Lipinski definition) is 4. The van der Waals surface area contributed by atoms with E-state index in [-0.39, 0.29) is 10.6 Å². The largest absolute Gasteiger partial charge is 0.465 e. The van der Waals surface area contributed by atoms with Gasteiger partial charge in [0.1, 0.15) is 10.8 Å². The zero-order valence-electron chi connectivity index (χ0n) is 14.0. The van der Waals surface area contributed by atoms with Crippen LogP contribution >= 0.6 is 22.9 Å². The number of methoxy groups -OCH3 is 1. The van der Waals surface area contributed by atoms with E-state index in [1.165, 1.54) is 48.8 Å². The maximum absolute atomic E-state index is 13.7. The third-order valence-electron chi connectivity index (χ3n) is 3.59. The smallest absolute Gasteiger partial charge is 0.341 e. The second kappa shape index (κ2) is 8.27. The molecule has 1 N–H and O–H groups in total. The van der Waals surface area contributed by atoms with E-state index in [2.05, 4.69) is 5.32 Å². The molecule has 1 aromatic heterocycles. The maximum atomic E-state index is 13.7. The Kier molecular flexibility index (Phi) is 6.33. The number of amides is 1. The van der Waals surface area contributed by atoms with Gasteiger partial charge in [-0.3, -0.25) is 4.79 Å². The van der Waals surface area contributed by atoms with Gasteiger partial charge in [-0.2, -0.15) is 0 Å². The van der Waals surface area contributed by atoms with E-state index in [1.807, 2.05) is 13.8 Å². The van der Waals surface area contributed by atoms with Crippen molar-refractivity contribution in [3.63, 3.8) is 0 Å². The summed E-state index contributed by atoms with van der Waals surface area (Å²) < 4.78 is 18.5. The van der Waals surface area contributed by atoms with E-state index >= 15 is 0 Å². The molecule has 2 rings (SSSR count). The molecule has 0 spiro atoms. The fourth-order valence-corrected chi connectivity index (χ4v) is 3.76. The molecule has 0 aliphatic carbocycles. The van der Waals surface area contributed by atoms with Gasteiger partial charge >= 0.3 is 5.97 Å². The van der Waals surface area contributed by atoms with Crippen molar-refractivity contribution in [1.29, 1.82) is 0 Å². The third-order valence-corrected chi connectivity index (χ3v) is 4.98. The number of carbonyl (C=O) groups is 2. The normalized spacial score (nSPS) is 10.9. The lowest BCUT2D eigenvalue weighted by atomic mass is 10.1. The first-order valence-corrected chi connectivity index (χ1v) is 8.72. The van der Waals surface area contributed by atoms with Crippen molar-refractivity contribution < 1.29 is 18.7 Å². The first kappa shape index (κ1) is 19.1. The van der Waals surface area contributed by atoms with Gasteiger partial charge in [0.2, 0.25) is 5.91 Å². The molecule has 0 unspecified atom stereocenters. The van der Waals surface area contributed by atoms with Crippen molar-refractivity contribution >= 4 is 45.9 Å². The lowest BCUT2D eigenvalue weighted by Crippen LogP contribution is -2.12. The molecule has 132 valence electrons. The third kappa shape index (κ3) is 4.27. The van der Waals surface area contributed by atoms with Crippen molar-refractivity contribution in [2.45, 2.75) is 20.3 Å². The van der Waals surface area contributed by atoms with Crippen LogP contribution in [0, 0.1) is 12.7 Å². The number of aryl methyl sites for hydroxylation is 1. The SMILES string of the molecule is CCc1c(C)sc(NC(=O)C=Cc2c(F)cccc2Cl)c1C(=O)OC. The van der Waals surface area contributed by atoms with Crippen LogP contribution in [0.3, 0.4) is 0 Å². The van der Waals surface area contributed by atoms with Crippen molar-refractivity contribution in [3.8, 4) is 0 Å². The van der Waals surface area contributed by atoms with Crippen LogP contribution in [0.15, 0.2) is 24.3 Å². The van der Waals surface area contributed by atoms with Gasteiger partial charge in [0, 0.05) is 16.5 Å². The van der Waals surface area contributed by atoms with Crippen LogP contribution in [0.1, 0.15) is 33.3 Å². The summed E-state index contributed by atoms with van der Waals surface area (Å²) in [6.45, 7) is 3.80. The van der Waals surface area contributed by atoms with Gasteiger partial charge in [0.15, 0.2) is 0 Å². The molecule has 4 nitrogen and oxygen atoms in total. The van der Waals surface area contributed by atoms with Crippen molar-refractivity contribution in [2.24, 2.45) is 0 Å². The molecule has 2 aromatic rings. The molecule has 0 bridgehead atoms. The number of esters is 1. The Morgan fingerprint density at radius 1 is 1.40 bits per heavy atom. The number of carbonyl (C=O) groups excluding carboxylic acids is 2. The lowest BCUT2D eigenvalue weighted by molar-refractivity contribution is -0.111. The van der Waals surface area contributed by atoms with Crippen LogP contribution in [-0.4, -0.2) is 19.0 Å². The second-order valence-electron chi connectivity index (χ2n) is 5.14. The average molecular weight is 382 g/mol. The zero-order valence-corrected chi connectivity index (χ0v) is 15.6. The molecule has 0 fully saturated rings. The van der Waals surface area contributed by atoms with Crippen LogP contribution in [-0.2, 0) is 16.0 Å². The van der Waals surface area contributed by atoms with Gasteiger partial charge in [-0.15, -0.1) is 11.3 Å². The first-order valence-electron chi connectivity index (χ1n) is 7.52. The quantitative estimate of drug-likeness (QED) is 0.595. The summed E-state index contributed by atoms with van der Waals surface area (Å²) in [5.74, 6) is -1.52. The van der Waals surface area contributed by atoms with E-state index in [9.17, 15) is 14.0 Å². The Labute approximate surface area is 154 Å². The number of thiophene rings is 1. The molecule has 0 saturated carbocycles. The van der Waals surface area contributed by atoms with Gasteiger partial charge in [0.05, 0.1) is 17.7 Å². The molecular weight excluding hydrogens is 365 g/mol.